The van der Waals surface area contributed by atoms with Crippen LogP contribution in [0.4, 0.5) is 0 Å². The Labute approximate surface area is 115 Å². The first kappa shape index (κ1) is 15.5. The average molecular weight is 310 g/mol. The summed E-state index contributed by atoms with van der Waals surface area (Å²) in [5.74, 6) is 0. The minimum Gasteiger partial charge on any atom is -0.379 e. The molecule has 19 heavy (non-hydrogen) atoms. The highest BCUT2D eigenvalue weighted by Crippen LogP contribution is 2.52. The summed E-state index contributed by atoms with van der Waals surface area (Å²) >= 11 is 0. The minimum absolute atomic E-state index is 0.348. The lowest BCUT2D eigenvalue weighted by atomic mass is 10.4. The quantitative estimate of drug-likeness (QED) is 0.559. The molecule has 0 amide bonds. The third kappa shape index (κ3) is 4.03. The first-order chi connectivity index (χ1) is 8.92. The first-order valence-electron chi connectivity index (χ1n) is 6.48. The third-order valence-electron chi connectivity index (χ3n) is 3.13. The fraction of sp³-hybridized carbons (Fsp3) is 0.909. The van der Waals surface area contributed by atoms with Gasteiger partial charge in [-0.05, 0) is 15.9 Å². The summed E-state index contributed by atoms with van der Waals surface area (Å²) in [6.07, 6.45) is 4.12. The molecule has 1 unspecified atom stereocenters. The van der Waals surface area contributed by atoms with E-state index < -0.39 is 17.0 Å². The molecule has 0 radical (unpaired) electrons. The Kier molecular flexibility index (Phi) is 5.09. The molecule has 0 aromatic carbocycles. The van der Waals surface area contributed by atoms with Gasteiger partial charge in [0.15, 0.2) is 0 Å². The Bertz CT molecular complexity index is 433. The monoisotopic (exact) mass is 310 g/mol. The molecule has 1 atom stereocenters. The molecular weight excluding hydrogens is 287 g/mol. The number of nitrogens with zero attached hydrogens (tertiary/aromatic N) is 2. The summed E-state index contributed by atoms with van der Waals surface area (Å²) < 4.78 is 40.0. The standard InChI is InChI=1S/C11H23N2O4PS/c1-19(2,15)11-18(14,12-5-8-16-9-6-12)13-4-3-7-17-10-13/h11H,3-10H2,1-2H3. The Balaban J connectivity index is 2.31. The van der Waals surface area contributed by atoms with E-state index in [0.717, 1.165) is 13.0 Å². The molecule has 0 saturated carbocycles. The van der Waals surface area contributed by atoms with Crippen molar-refractivity contribution in [1.29, 1.82) is 0 Å². The lowest BCUT2D eigenvalue weighted by Gasteiger charge is -2.40. The van der Waals surface area contributed by atoms with E-state index in [1.54, 1.807) is 17.6 Å². The van der Waals surface area contributed by atoms with Gasteiger partial charge in [0.1, 0.15) is 6.73 Å². The van der Waals surface area contributed by atoms with Crippen LogP contribution in [0.1, 0.15) is 6.42 Å². The Morgan fingerprint density at radius 2 is 1.74 bits per heavy atom. The molecule has 112 valence electrons. The van der Waals surface area contributed by atoms with Crippen molar-refractivity contribution in [2.24, 2.45) is 0 Å². The van der Waals surface area contributed by atoms with Gasteiger partial charge in [0, 0.05) is 38.8 Å². The molecular formula is C11H23N2O4PS. The Morgan fingerprint density at radius 3 is 2.26 bits per heavy atom. The predicted octanol–water partition coefficient (Wildman–Crippen LogP) is 0.495. The van der Waals surface area contributed by atoms with Gasteiger partial charge < -0.3 is 9.47 Å². The number of hydrogen-bond donors (Lipinski definition) is 0. The highest BCUT2D eigenvalue weighted by Gasteiger charge is 2.38. The number of hydrogen-bond acceptors (Lipinski definition) is 4. The van der Waals surface area contributed by atoms with Crippen LogP contribution in [-0.4, -0.2) is 77.4 Å². The molecule has 0 aliphatic carbocycles. The van der Waals surface area contributed by atoms with Crippen LogP contribution in [0.3, 0.4) is 0 Å². The van der Waals surface area contributed by atoms with E-state index in [9.17, 15) is 8.77 Å². The van der Waals surface area contributed by atoms with E-state index in [-0.39, 0.29) is 0 Å². The highest BCUT2D eigenvalue weighted by molar-refractivity contribution is 8.09. The second-order valence-corrected chi connectivity index (χ2v) is 11.0. The molecule has 2 saturated heterocycles. The summed E-state index contributed by atoms with van der Waals surface area (Å²) in [4.78, 5) is 0. The smallest absolute Gasteiger partial charge is 0.248 e. The molecule has 2 aliphatic heterocycles. The van der Waals surface area contributed by atoms with Crippen molar-refractivity contribution in [3.05, 3.63) is 0 Å². The first-order valence-corrected chi connectivity index (χ1v) is 10.6. The topological polar surface area (TPSA) is 59.1 Å². The lowest BCUT2D eigenvalue weighted by Crippen LogP contribution is -2.42. The van der Waals surface area contributed by atoms with Crippen LogP contribution < -0.4 is 0 Å². The zero-order chi connectivity index (χ0) is 13.9. The second kappa shape index (κ2) is 6.24. The fourth-order valence-corrected chi connectivity index (χ4v) is 7.77. The van der Waals surface area contributed by atoms with E-state index in [4.69, 9.17) is 9.47 Å². The van der Waals surface area contributed by atoms with Crippen molar-refractivity contribution in [2.75, 3.05) is 58.7 Å². The lowest BCUT2D eigenvalue weighted by molar-refractivity contribution is 0.0215. The van der Waals surface area contributed by atoms with Crippen molar-refractivity contribution >= 4 is 22.1 Å². The van der Waals surface area contributed by atoms with Gasteiger partial charge in [0.05, 0.1) is 18.3 Å². The Hall–Kier alpha value is 0.0900. The number of rotatable bonds is 3. The third-order valence-corrected chi connectivity index (χ3v) is 8.60. The second-order valence-electron chi connectivity index (χ2n) is 5.19. The van der Waals surface area contributed by atoms with Gasteiger partial charge in [-0.3, -0.25) is 8.77 Å². The van der Waals surface area contributed by atoms with Gasteiger partial charge in [0.2, 0.25) is 7.44 Å². The largest absolute Gasteiger partial charge is 0.379 e. The van der Waals surface area contributed by atoms with E-state index in [1.165, 1.54) is 0 Å². The molecule has 2 fully saturated rings. The molecule has 2 rings (SSSR count). The molecule has 2 aliphatic rings. The van der Waals surface area contributed by atoms with Gasteiger partial charge in [0.25, 0.3) is 0 Å². The summed E-state index contributed by atoms with van der Waals surface area (Å²) in [5, 5.41) is 1.56. The summed E-state index contributed by atoms with van der Waals surface area (Å²) in [6.45, 7) is 4.14. The van der Waals surface area contributed by atoms with Gasteiger partial charge in [-0.2, -0.15) is 0 Å². The van der Waals surface area contributed by atoms with Crippen LogP contribution in [0, 0.1) is 0 Å². The predicted molar refractivity (Wildman–Crippen MR) is 78.2 cm³/mol. The maximum absolute atomic E-state index is 13.4. The van der Waals surface area contributed by atoms with Crippen LogP contribution in [-0.2, 0) is 23.6 Å². The molecule has 2 heterocycles. The van der Waals surface area contributed by atoms with Crippen molar-refractivity contribution < 1.29 is 18.2 Å². The van der Waals surface area contributed by atoms with Gasteiger partial charge >= 0.3 is 0 Å². The van der Waals surface area contributed by atoms with Gasteiger partial charge in [-0.25, -0.2) is 9.34 Å². The maximum Gasteiger partial charge on any atom is 0.248 e. The van der Waals surface area contributed by atoms with Crippen LogP contribution in [0.5, 0.6) is 0 Å². The number of morpholine rings is 1. The van der Waals surface area contributed by atoms with Crippen molar-refractivity contribution in [3.63, 3.8) is 0 Å². The molecule has 6 nitrogen and oxygen atoms in total. The minimum atomic E-state index is -2.93. The summed E-state index contributed by atoms with van der Waals surface area (Å²) in [7, 11) is -5.13. The van der Waals surface area contributed by atoms with Gasteiger partial charge in [-0.1, -0.05) is 0 Å². The fourth-order valence-electron chi connectivity index (χ4n) is 2.29. The summed E-state index contributed by atoms with van der Waals surface area (Å²) in [6, 6.07) is 0. The normalized spacial score (nSPS) is 26.8. The van der Waals surface area contributed by atoms with E-state index in [0.29, 0.717) is 39.6 Å². The molecule has 0 aromatic heterocycles. The van der Waals surface area contributed by atoms with Crippen LogP contribution in [0.2, 0.25) is 0 Å². The van der Waals surface area contributed by atoms with Crippen molar-refractivity contribution in [1.82, 2.24) is 9.34 Å². The zero-order valence-corrected chi connectivity index (χ0v) is 13.3. The van der Waals surface area contributed by atoms with E-state index in [1.807, 2.05) is 9.34 Å². The van der Waals surface area contributed by atoms with Gasteiger partial charge in [-0.15, -0.1) is 0 Å². The van der Waals surface area contributed by atoms with E-state index in [2.05, 4.69) is 0 Å². The molecule has 8 heteroatoms. The Morgan fingerprint density at radius 1 is 1.05 bits per heavy atom. The number of ether oxygens (including phenoxy) is 2. The molecule has 0 N–H and O–H groups in total. The molecule has 0 bridgehead atoms. The molecule has 0 spiro atoms. The molecule has 0 aromatic rings. The average Bonchev–Trinajstić information content (AvgIpc) is 2.39. The van der Waals surface area contributed by atoms with Crippen LogP contribution in [0.25, 0.3) is 0 Å². The highest BCUT2D eigenvalue weighted by atomic mass is 32.2. The summed E-state index contributed by atoms with van der Waals surface area (Å²) in [5.41, 5.74) is 0. The van der Waals surface area contributed by atoms with Crippen LogP contribution >= 0.6 is 7.44 Å². The zero-order valence-electron chi connectivity index (χ0n) is 11.6. The SMILES string of the molecule is CS(C)(=O)=CP(=O)(N1CCOCC1)N1CCCOC1. The van der Waals surface area contributed by atoms with Crippen molar-refractivity contribution in [3.8, 4) is 0 Å². The maximum atomic E-state index is 13.4. The van der Waals surface area contributed by atoms with Crippen LogP contribution in [0.15, 0.2) is 0 Å². The van der Waals surface area contributed by atoms with E-state index >= 15 is 0 Å². The van der Waals surface area contributed by atoms with Crippen molar-refractivity contribution in [2.45, 2.75) is 6.42 Å².